The molecule has 1 aliphatic heterocycles. The molecule has 19 heavy (non-hydrogen) atoms. The summed E-state index contributed by atoms with van der Waals surface area (Å²) in [6.45, 7) is 0.507. The van der Waals surface area contributed by atoms with Crippen molar-refractivity contribution in [1.29, 1.82) is 0 Å². The van der Waals surface area contributed by atoms with Crippen LogP contribution in [0.25, 0.3) is 0 Å². The molecule has 0 radical (unpaired) electrons. The Kier molecular flexibility index (Phi) is 5.17. The maximum absolute atomic E-state index is 11.8. The van der Waals surface area contributed by atoms with Crippen molar-refractivity contribution in [3.05, 3.63) is 28.8 Å². The van der Waals surface area contributed by atoms with Crippen LogP contribution in [0.5, 0.6) is 0 Å². The summed E-state index contributed by atoms with van der Waals surface area (Å²) >= 11 is 8.08. The van der Waals surface area contributed by atoms with Crippen LogP contribution < -0.4 is 5.32 Å². The fourth-order valence-corrected chi connectivity index (χ4v) is 4.57. The Bertz CT molecular complexity index is 540. The Balaban J connectivity index is 2.15. The highest BCUT2D eigenvalue weighted by Crippen LogP contribution is 2.25. The van der Waals surface area contributed by atoms with E-state index in [0.717, 1.165) is 12.2 Å². The summed E-state index contributed by atoms with van der Waals surface area (Å²) in [5.41, 5.74) is 0.683. The number of halogens is 1. The molecule has 1 aliphatic rings. The zero-order valence-electron chi connectivity index (χ0n) is 10.9. The van der Waals surface area contributed by atoms with Crippen molar-refractivity contribution in [2.75, 3.05) is 17.8 Å². The van der Waals surface area contributed by atoms with E-state index in [1.165, 1.54) is 18.4 Å². The van der Waals surface area contributed by atoms with Gasteiger partial charge in [0, 0.05) is 35.2 Å². The van der Waals surface area contributed by atoms with Crippen LogP contribution in [0.4, 0.5) is 0 Å². The lowest BCUT2D eigenvalue weighted by Gasteiger charge is -2.23. The summed E-state index contributed by atoms with van der Waals surface area (Å²) in [5.74, 6) is 2.30. The van der Waals surface area contributed by atoms with Crippen LogP contribution in [-0.2, 0) is 16.4 Å². The van der Waals surface area contributed by atoms with Crippen molar-refractivity contribution in [3.8, 4) is 0 Å². The number of benzene rings is 1. The van der Waals surface area contributed by atoms with Gasteiger partial charge < -0.3 is 5.32 Å². The van der Waals surface area contributed by atoms with Crippen LogP contribution >= 0.6 is 23.4 Å². The molecular weight excluding hydrogens is 302 g/mol. The molecule has 3 nitrogen and oxygen atoms in total. The lowest BCUT2D eigenvalue weighted by Crippen LogP contribution is -2.33. The molecule has 0 saturated carbocycles. The van der Waals surface area contributed by atoms with E-state index in [-0.39, 0.29) is 0 Å². The molecule has 1 fully saturated rings. The fourth-order valence-electron chi connectivity index (χ4n) is 2.21. The van der Waals surface area contributed by atoms with Crippen LogP contribution in [-0.4, -0.2) is 32.2 Å². The molecule has 106 valence electrons. The quantitative estimate of drug-likeness (QED) is 0.927. The predicted molar refractivity (Wildman–Crippen MR) is 81.7 cm³/mol. The molecule has 6 heteroatoms. The predicted octanol–water partition coefficient (Wildman–Crippen LogP) is 2.73. The summed E-state index contributed by atoms with van der Waals surface area (Å²) in [7, 11) is -3.24. The molecule has 1 heterocycles. The fraction of sp³-hybridized carbons (Fsp3) is 0.538. The summed E-state index contributed by atoms with van der Waals surface area (Å²) in [5, 5.41) is 3.93. The van der Waals surface area contributed by atoms with E-state index in [2.05, 4.69) is 5.32 Å². The van der Waals surface area contributed by atoms with Gasteiger partial charge in [-0.25, -0.2) is 8.42 Å². The van der Waals surface area contributed by atoms with Crippen molar-refractivity contribution < 1.29 is 8.42 Å². The highest BCUT2D eigenvalue weighted by atomic mass is 35.5. The highest BCUT2D eigenvalue weighted by Gasteiger charge is 2.18. The molecule has 1 atom stereocenters. The Labute approximate surface area is 124 Å². The summed E-state index contributed by atoms with van der Waals surface area (Å²) in [4.78, 5) is 0.330. The molecule has 1 unspecified atom stereocenters. The second kappa shape index (κ2) is 6.48. The van der Waals surface area contributed by atoms with E-state index < -0.39 is 9.84 Å². The molecule has 2 rings (SSSR count). The minimum Gasteiger partial charge on any atom is -0.309 e. The number of thioether (sulfide) groups is 1. The Morgan fingerprint density at radius 3 is 2.89 bits per heavy atom. The molecule has 1 aromatic carbocycles. The average molecular weight is 320 g/mol. The lowest BCUT2D eigenvalue weighted by atomic mass is 10.1. The summed E-state index contributed by atoms with van der Waals surface area (Å²) in [6.07, 6.45) is 3.58. The van der Waals surface area contributed by atoms with Gasteiger partial charge in [-0.2, -0.15) is 11.8 Å². The van der Waals surface area contributed by atoms with Gasteiger partial charge in [0.1, 0.15) is 0 Å². The van der Waals surface area contributed by atoms with Gasteiger partial charge in [0.25, 0.3) is 0 Å². The van der Waals surface area contributed by atoms with Crippen molar-refractivity contribution in [2.45, 2.75) is 30.3 Å². The van der Waals surface area contributed by atoms with Crippen LogP contribution in [0.1, 0.15) is 18.4 Å². The number of rotatable bonds is 4. The molecule has 0 aliphatic carbocycles. The van der Waals surface area contributed by atoms with Gasteiger partial charge in [-0.3, -0.25) is 0 Å². The topological polar surface area (TPSA) is 46.2 Å². The van der Waals surface area contributed by atoms with Crippen molar-refractivity contribution in [3.63, 3.8) is 0 Å². The van der Waals surface area contributed by atoms with E-state index in [1.807, 2.05) is 11.8 Å². The molecular formula is C13H18ClNO2S2. The van der Waals surface area contributed by atoms with E-state index in [0.29, 0.717) is 28.1 Å². The standard InChI is InChI=1S/C13H18ClNO2S2/c1-19(16,17)13-6-2-5-12(14)11(13)8-15-10-4-3-7-18-9-10/h2,5-6,10,15H,3-4,7-9H2,1H3. The Morgan fingerprint density at radius 1 is 1.47 bits per heavy atom. The number of hydrogen-bond donors (Lipinski definition) is 1. The van der Waals surface area contributed by atoms with Crippen LogP contribution in [0, 0.1) is 0 Å². The van der Waals surface area contributed by atoms with Gasteiger partial charge in [0.2, 0.25) is 0 Å². The normalized spacial score (nSPS) is 20.4. The second-order valence-electron chi connectivity index (χ2n) is 4.78. The minimum atomic E-state index is -3.24. The van der Waals surface area contributed by atoms with E-state index >= 15 is 0 Å². The van der Waals surface area contributed by atoms with Gasteiger partial charge in [-0.15, -0.1) is 0 Å². The van der Waals surface area contributed by atoms with Gasteiger partial charge in [0.15, 0.2) is 9.84 Å². The molecule has 0 bridgehead atoms. The highest BCUT2D eigenvalue weighted by molar-refractivity contribution is 7.99. The Morgan fingerprint density at radius 2 is 2.26 bits per heavy atom. The molecule has 1 saturated heterocycles. The first-order chi connectivity index (χ1) is 8.98. The average Bonchev–Trinajstić information content (AvgIpc) is 2.37. The van der Waals surface area contributed by atoms with Gasteiger partial charge in [-0.1, -0.05) is 17.7 Å². The minimum absolute atomic E-state index is 0.330. The molecule has 0 aromatic heterocycles. The lowest BCUT2D eigenvalue weighted by molar-refractivity contribution is 0.504. The van der Waals surface area contributed by atoms with Gasteiger partial charge >= 0.3 is 0 Å². The van der Waals surface area contributed by atoms with Gasteiger partial charge in [-0.05, 0) is 30.7 Å². The van der Waals surface area contributed by atoms with Crippen molar-refractivity contribution in [1.82, 2.24) is 5.32 Å². The smallest absolute Gasteiger partial charge is 0.175 e. The number of hydrogen-bond acceptors (Lipinski definition) is 4. The van der Waals surface area contributed by atoms with Crippen LogP contribution in [0.15, 0.2) is 23.1 Å². The Hall–Kier alpha value is -0.230. The third-order valence-corrected chi connectivity index (χ3v) is 5.95. The first kappa shape index (κ1) is 15.2. The van der Waals surface area contributed by atoms with Crippen molar-refractivity contribution in [2.24, 2.45) is 0 Å². The van der Waals surface area contributed by atoms with Crippen LogP contribution in [0.2, 0.25) is 5.02 Å². The van der Waals surface area contributed by atoms with Gasteiger partial charge in [0.05, 0.1) is 4.90 Å². The monoisotopic (exact) mass is 319 g/mol. The first-order valence-electron chi connectivity index (χ1n) is 6.27. The maximum Gasteiger partial charge on any atom is 0.175 e. The third-order valence-electron chi connectivity index (χ3n) is 3.20. The van der Waals surface area contributed by atoms with Crippen LogP contribution in [0.3, 0.4) is 0 Å². The molecule has 0 amide bonds. The summed E-state index contributed by atoms with van der Waals surface area (Å²) < 4.78 is 23.5. The first-order valence-corrected chi connectivity index (χ1v) is 9.69. The maximum atomic E-state index is 11.8. The largest absolute Gasteiger partial charge is 0.309 e. The zero-order valence-corrected chi connectivity index (χ0v) is 13.2. The number of sulfone groups is 1. The summed E-state index contributed by atoms with van der Waals surface area (Å²) in [6, 6.07) is 5.48. The van der Waals surface area contributed by atoms with E-state index in [4.69, 9.17) is 11.6 Å². The molecule has 1 aromatic rings. The van der Waals surface area contributed by atoms with E-state index in [9.17, 15) is 8.42 Å². The number of nitrogens with one attached hydrogen (secondary N) is 1. The van der Waals surface area contributed by atoms with Crippen molar-refractivity contribution >= 4 is 33.2 Å². The molecule has 0 spiro atoms. The SMILES string of the molecule is CS(=O)(=O)c1cccc(Cl)c1CNC1CCCSC1. The third kappa shape index (κ3) is 4.12. The second-order valence-corrected chi connectivity index (χ2v) is 8.32. The molecule has 1 N–H and O–H groups in total. The zero-order chi connectivity index (χ0) is 13.9. The van der Waals surface area contributed by atoms with E-state index in [1.54, 1.807) is 18.2 Å².